The van der Waals surface area contributed by atoms with Crippen LogP contribution in [0.2, 0.25) is 0 Å². The van der Waals surface area contributed by atoms with E-state index in [9.17, 15) is 13.2 Å². The molecule has 1 heterocycles. The largest absolute Gasteiger partial charge is 0.573 e. The number of rotatable bonds is 10. The highest BCUT2D eigenvalue weighted by Crippen LogP contribution is 2.29. The molecule has 0 amide bonds. The highest BCUT2D eigenvalue weighted by Gasteiger charge is 2.31. The second kappa shape index (κ2) is 10.7. The van der Waals surface area contributed by atoms with Crippen molar-refractivity contribution in [1.82, 2.24) is 9.97 Å². The molecule has 7 nitrogen and oxygen atoms in total. The first-order chi connectivity index (χ1) is 15.4. The maximum Gasteiger partial charge on any atom is 0.573 e. The molecule has 0 spiro atoms. The number of ether oxygens (including phenoxy) is 2. The molecule has 0 saturated carbocycles. The van der Waals surface area contributed by atoms with Gasteiger partial charge in [-0.3, -0.25) is 0 Å². The summed E-state index contributed by atoms with van der Waals surface area (Å²) in [5.41, 5.74) is 1.57. The monoisotopic (exact) mass is 448 g/mol. The molecule has 0 aliphatic rings. The van der Waals surface area contributed by atoms with E-state index in [1.54, 1.807) is 12.1 Å². The third-order valence-electron chi connectivity index (χ3n) is 4.15. The van der Waals surface area contributed by atoms with Crippen LogP contribution in [0, 0.1) is 0 Å². The van der Waals surface area contributed by atoms with E-state index in [0.29, 0.717) is 36.6 Å². The van der Waals surface area contributed by atoms with Gasteiger partial charge in [0.15, 0.2) is 0 Å². The van der Waals surface area contributed by atoms with Gasteiger partial charge in [0.05, 0.1) is 12.3 Å². The molecule has 0 bridgehead atoms. The van der Waals surface area contributed by atoms with E-state index in [1.165, 1.54) is 18.2 Å². The molecule has 3 rings (SSSR count). The summed E-state index contributed by atoms with van der Waals surface area (Å²) in [5.74, 6) is 1.10. The Morgan fingerprint density at radius 3 is 2.47 bits per heavy atom. The van der Waals surface area contributed by atoms with Crippen LogP contribution >= 0.6 is 0 Å². The molecule has 32 heavy (non-hydrogen) atoms. The highest BCUT2D eigenvalue weighted by molar-refractivity contribution is 5.68. The zero-order valence-electron chi connectivity index (χ0n) is 17.3. The Morgan fingerprint density at radius 2 is 1.78 bits per heavy atom. The van der Waals surface area contributed by atoms with Gasteiger partial charge in [0.25, 0.3) is 0 Å². The van der Waals surface area contributed by atoms with Gasteiger partial charge in [-0.15, -0.1) is 13.2 Å². The van der Waals surface area contributed by atoms with Crippen LogP contribution in [0.5, 0.6) is 11.5 Å². The van der Waals surface area contributed by atoms with Crippen LogP contribution in [0.15, 0.2) is 54.6 Å². The van der Waals surface area contributed by atoms with Crippen LogP contribution in [0.25, 0.3) is 11.3 Å². The Bertz CT molecular complexity index is 1010. The second-order valence-electron chi connectivity index (χ2n) is 6.62. The summed E-state index contributed by atoms with van der Waals surface area (Å²) < 4.78 is 47.2. The van der Waals surface area contributed by atoms with E-state index in [-0.39, 0.29) is 18.3 Å². The minimum absolute atomic E-state index is 0.000798. The normalized spacial score (nSPS) is 11.2. The fourth-order valence-corrected chi connectivity index (χ4v) is 2.82. The maximum absolute atomic E-state index is 12.6. The van der Waals surface area contributed by atoms with Crippen molar-refractivity contribution in [2.24, 2.45) is 0 Å². The van der Waals surface area contributed by atoms with E-state index >= 15 is 0 Å². The van der Waals surface area contributed by atoms with Gasteiger partial charge in [-0.05, 0) is 49.7 Å². The number of hydrogen-bond acceptors (Lipinski definition) is 7. The molecule has 0 radical (unpaired) electrons. The number of benzene rings is 2. The summed E-state index contributed by atoms with van der Waals surface area (Å²) in [6.07, 6.45) is -4.30. The minimum Gasteiger partial charge on any atom is -0.494 e. The third-order valence-corrected chi connectivity index (χ3v) is 4.15. The van der Waals surface area contributed by atoms with Crippen LogP contribution in [-0.4, -0.2) is 41.2 Å². The lowest BCUT2D eigenvalue weighted by Crippen LogP contribution is -2.17. The van der Waals surface area contributed by atoms with E-state index in [2.05, 4.69) is 25.3 Å². The van der Waals surface area contributed by atoms with Crippen molar-refractivity contribution in [2.45, 2.75) is 19.7 Å². The fourth-order valence-electron chi connectivity index (χ4n) is 2.82. The number of nitrogens with zero attached hydrogens (tertiary/aromatic N) is 2. The molecule has 0 saturated heterocycles. The molecule has 1 aromatic heterocycles. The molecule has 3 aromatic rings. The van der Waals surface area contributed by atoms with Crippen LogP contribution in [0.4, 0.5) is 30.6 Å². The maximum atomic E-state index is 12.6. The molecule has 0 aliphatic heterocycles. The summed E-state index contributed by atoms with van der Waals surface area (Å²) >= 11 is 0. The smallest absolute Gasteiger partial charge is 0.494 e. The molecule has 10 heteroatoms. The molecular weight excluding hydrogens is 425 g/mol. The fraction of sp³-hybridized carbons (Fsp3) is 0.273. The van der Waals surface area contributed by atoms with E-state index in [1.807, 2.05) is 31.2 Å². The van der Waals surface area contributed by atoms with Crippen molar-refractivity contribution in [3.05, 3.63) is 54.6 Å². The lowest BCUT2D eigenvalue weighted by atomic mass is 10.1. The predicted molar refractivity (Wildman–Crippen MR) is 115 cm³/mol. The Kier molecular flexibility index (Phi) is 7.72. The van der Waals surface area contributed by atoms with Gasteiger partial charge in [0.2, 0.25) is 5.95 Å². The first-order valence-corrected chi connectivity index (χ1v) is 9.96. The second-order valence-corrected chi connectivity index (χ2v) is 6.62. The first kappa shape index (κ1) is 23.1. The number of aliphatic hydroxyl groups is 1. The standard InChI is InChI=1S/C22H23F3N4O3/c1-2-31-17-9-7-16(8-10-17)27-20-14-19(28-21(29-20)26-11-4-12-30)15-5-3-6-18(13-15)32-22(23,24)25/h3,5-10,13-14,30H,2,4,11-12H2,1H3,(H2,26,27,28,29). The Morgan fingerprint density at radius 1 is 1.00 bits per heavy atom. The quantitative estimate of drug-likeness (QED) is 0.377. The number of nitrogens with one attached hydrogen (secondary N) is 2. The zero-order valence-corrected chi connectivity index (χ0v) is 17.3. The van der Waals surface area contributed by atoms with Gasteiger partial charge in [-0.1, -0.05) is 12.1 Å². The van der Waals surface area contributed by atoms with Crippen molar-refractivity contribution in [3.63, 3.8) is 0 Å². The molecular formula is C22H23F3N4O3. The zero-order chi connectivity index (χ0) is 23.0. The number of halogens is 3. The third kappa shape index (κ3) is 7.02. The van der Waals surface area contributed by atoms with Crippen LogP contribution in [0.3, 0.4) is 0 Å². The van der Waals surface area contributed by atoms with Crippen molar-refractivity contribution < 1.29 is 27.8 Å². The number of hydrogen-bond donors (Lipinski definition) is 3. The minimum atomic E-state index is -4.79. The molecule has 0 fully saturated rings. The molecule has 0 unspecified atom stereocenters. The summed E-state index contributed by atoms with van der Waals surface area (Å²) in [7, 11) is 0. The Balaban J connectivity index is 1.90. The summed E-state index contributed by atoms with van der Waals surface area (Å²) in [4.78, 5) is 8.80. The number of anilines is 3. The summed E-state index contributed by atoms with van der Waals surface area (Å²) in [6.45, 7) is 2.89. The van der Waals surface area contributed by atoms with Gasteiger partial charge in [-0.25, -0.2) is 4.98 Å². The SMILES string of the molecule is CCOc1ccc(Nc2cc(-c3cccc(OC(F)(F)F)c3)nc(NCCCO)n2)cc1. The van der Waals surface area contributed by atoms with Gasteiger partial charge in [0.1, 0.15) is 17.3 Å². The lowest BCUT2D eigenvalue weighted by Gasteiger charge is -2.13. The van der Waals surface area contributed by atoms with Gasteiger partial charge in [-0.2, -0.15) is 4.98 Å². The van der Waals surface area contributed by atoms with Crippen molar-refractivity contribution >= 4 is 17.5 Å². The molecule has 2 aromatic carbocycles. The molecule has 0 aliphatic carbocycles. The first-order valence-electron chi connectivity index (χ1n) is 9.96. The van der Waals surface area contributed by atoms with Crippen molar-refractivity contribution in [3.8, 4) is 22.8 Å². The van der Waals surface area contributed by atoms with Gasteiger partial charge >= 0.3 is 6.36 Å². The highest BCUT2D eigenvalue weighted by atomic mass is 19.4. The summed E-state index contributed by atoms with van der Waals surface area (Å²) in [6, 6.07) is 14.5. The van der Waals surface area contributed by atoms with Gasteiger partial charge in [0, 0.05) is 30.5 Å². The summed E-state index contributed by atoms with van der Waals surface area (Å²) in [5, 5.41) is 15.2. The molecule has 170 valence electrons. The van der Waals surface area contributed by atoms with Crippen molar-refractivity contribution in [1.29, 1.82) is 0 Å². The Hall–Kier alpha value is -3.53. The average Bonchev–Trinajstić information content (AvgIpc) is 2.74. The van der Waals surface area contributed by atoms with E-state index < -0.39 is 6.36 Å². The van der Waals surface area contributed by atoms with Crippen LogP contribution < -0.4 is 20.1 Å². The predicted octanol–water partition coefficient (Wildman–Crippen LogP) is 4.98. The van der Waals surface area contributed by atoms with Crippen molar-refractivity contribution in [2.75, 3.05) is 30.4 Å². The average molecular weight is 448 g/mol. The molecule has 3 N–H and O–H groups in total. The van der Waals surface area contributed by atoms with Gasteiger partial charge < -0.3 is 25.2 Å². The molecule has 0 atom stereocenters. The Labute approximate surface area is 183 Å². The van der Waals surface area contributed by atoms with E-state index in [0.717, 1.165) is 11.4 Å². The topological polar surface area (TPSA) is 88.5 Å². The number of alkyl halides is 3. The van der Waals surface area contributed by atoms with Crippen LogP contribution in [-0.2, 0) is 0 Å². The van der Waals surface area contributed by atoms with Crippen LogP contribution in [0.1, 0.15) is 13.3 Å². The number of aromatic nitrogens is 2. The van der Waals surface area contributed by atoms with E-state index in [4.69, 9.17) is 9.84 Å². The number of aliphatic hydroxyl groups excluding tert-OH is 1. The lowest BCUT2D eigenvalue weighted by molar-refractivity contribution is -0.274.